The van der Waals surface area contributed by atoms with Crippen molar-refractivity contribution in [2.75, 3.05) is 27.0 Å². The van der Waals surface area contributed by atoms with Crippen LogP contribution >= 0.6 is 11.6 Å². The summed E-state index contributed by atoms with van der Waals surface area (Å²) in [4.78, 5) is 28.6. The Morgan fingerprint density at radius 3 is 2.11 bits per heavy atom. The molecular weight excluding hydrogens is 514 g/mol. The summed E-state index contributed by atoms with van der Waals surface area (Å²) in [5.74, 6) is -0.261. The summed E-state index contributed by atoms with van der Waals surface area (Å²) in [6.45, 7) is -0.107. The maximum Gasteiger partial charge on any atom is 0.247 e. The second-order valence-corrected chi connectivity index (χ2v) is 11.1. The molecule has 0 spiro atoms. The molecule has 0 saturated carbocycles. The molecule has 3 aromatic rings. The number of nitrogens with zero attached hydrogens (tertiary/aromatic N) is 2. The third-order valence-corrected chi connectivity index (χ3v) is 7.33. The lowest BCUT2D eigenvalue weighted by molar-refractivity contribution is -0.141. The number of amides is 2. The van der Waals surface area contributed by atoms with Crippen LogP contribution < -0.4 is 10.1 Å². The molecule has 0 aliphatic carbocycles. The number of likely N-dealkylation sites (N-methyl/N-ethyl adjacent to an activating group) is 1. The SMILES string of the molecule is COc1ccc(CN(C(=O)CN(C)S(C)(=O)=O)[C@@H](C(=O)NCc2ccc(Cl)cc2)c2ccccc2)cc1. The van der Waals surface area contributed by atoms with Gasteiger partial charge in [-0.15, -0.1) is 0 Å². The first kappa shape index (κ1) is 28.2. The highest BCUT2D eigenvalue weighted by atomic mass is 35.5. The minimum Gasteiger partial charge on any atom is -0.497 e. The lowest BCUT2D eigenvalue weighted by atomic mass is 10.0. The second kappa shape index (κ2) is 12.7. The maximum absolute atomic E-state index is 13.6. The predicted molar refractivity (Wildman–Crippen MR) is 143 cm³/mol. The van der Waals surface area contributed by atoms with E-state index in [0.717, 1.165) is 21.7 Å². The Kier molecular flexibility index (Phi) is 9.68. The minimum atomic E-state index is -3.62. The van der Waals surface area contributed by atoms with Crippen molar-refractivity contribution < 1.29 is 22.7 Å². The van der Waals surface area contributed by atoms with Gasteiger partial charge in [-0.1, -0.05) is 66.2 Å². The minimum absolute atomic E-state index is 0.0777. The van der Waals surface area contributed by atoms with E-state index in [9.17, 15) is 18.0 Å². The molecule has 3 aromatic carbocycles. The Balaban J connectivity index is 1.97. The fraction of sp³-hybridized carbons (Fsp3) is 0.259. The number of carbonyl (C=O) groups excluding carboxylic acids is 2. The molecule has 10 heteroatoms. The van der Waals surface area contributed by atoms with Crippen LogP contribution in [0.3, 0.4) is 0 Å². The van der Waals surface area contributed by atoms with Crippen LogP contribution in [0.5, 0.6) is 5.75 Å². The monoisotopic (exact) mass is 543 g/mol. The third kappa shape index (κ3) is 8.04. The van der Waals surface area contributed by atoms with Crippen LogP contribution in [-0.2, 0) is 32.7 Å². The van der Waals surface area contributed by atoms with E-state index in [1.807, 2.05) is 18.2 Å². The van der Waals surface area contributed by atoms with E-state index in [-0.39, 0.29) is 13.1 Å². The van der Waals surface area contributed by atoms with E-state index in [2.05, 4.69) is 5.32 Å². The summed E-state index contributed by atoms with van der Waals surface area (Å²) in [5, 5.41) is 3.50. The van der Waals surface area contributed by atoms with Gasteiger partial charge in [0.2, 0.25) is 21.8 Å². The van der Waals surface area contributed by atoms with E-state index in [1.165, 1.54) is 11.9 Å². The fourth-order valence-corrected chi connectivity index (χ4v) is 4.12. The van der Waals surface area contributed by atoms with Gasteiger partial charge < -0.3 is 15.0 Å². The lowest BCUT2D eigenvalue weighted by Gasteiger charge is -2.32. The highest BCUT2D eigenvalue weighted by Gasteiger charge is 2.32. The van der Waals surface area contributed by atoms with Gasteiger partial charge in [-0.2, -0.15) is 4.31 Å². The van der Waals surface area contributed by atoms with Gasteiger partial charge in [0.25, 0.3) is 0 Å². The molecule has 0 heterocycles. The van der Waals surface area contributed by atoms with Crippen molar-refractivity contribution >= 4 is 33.4 Å². The molecule has 0 unspecified atom stereocenters. The summed E-state index contributed by atoms with van der Waals surface area (Å²) in [6.07, 6.45) is 1.03. The number of methoxy groups -OCH3 is 1. The van der Waals surface area contributed by atoms with E-state index in [4.69, 9.17) is 16.3 Å². The topological polar surface area (TPSA) is 96.0 Å². The third-order valence-electron chi connectivity index (χ3n) is 5.81. The van der Waals surface area contributed by atoms with Crippen LogP contribution in [0.4, 0.5) is 0 Å². The van der Waals surface area contributed by atoms with Crippen molar-refractivity contribution in [3.05, 3.63) is 101 Å². The van der Waals surface area contributed by atoms with Gasteiger partial charge in [0, 0.05) is 25.2 Å². The van der Waals surface area contributed by atoms with Crippen molar-refractivity contribution in [1.82, 2.24) is 14.5 Å². The van der Waals surface area contributed by atoms with Gasteiger partial charge in [-0.3, -0.25) is 9.59 Å². The number of ether oxygens (including phenoxy) is 1. The van der Waals surface area contributed by atoms with E-state index >= 15 is 0 Å². The smallest absolute Gasteiger partial charge is 0.247 e. The average Bonchev–Trinajstić information content (AvgIpc) is 2.88. The zero-order chi connectivity index (χ0) is 27.0. The fourth-order valence-electron chi connectivity index (χ4n) is 3.65. The zero-order valence-electron chi connectivity index (χ0n) is 20.9. The number of rotatable bonds is 11. The van der Waals surface area contributed by atoms with Crippen molar-refractivity contribution in [2.24, 2.45) is 0 Å². The Labute approximate surface area is 222 Å². The van der Waals surface area contributed by atoms with Crippen LogP contribution in [-0.4, -0.2) is 56.4 Å². The maximum atomic E-state index is 13.6. The molecule has 0 radical (unpaired) electrons. The molecule has 0 bridgehead atoms. The van der Waals surface area contributed by atoms with Gasteiger partial charge in [-0.25, -0.2) is 8.42 Å². The zero-order valence-corrected chi connectivity index (χ0v) is 22.5. The summed E-state index contributed by atoms with van der Waals surface area (Å²) < 4.78 is 30.2. The first-order valence-electron chi connectivity index (χ1n) is 11.5. The van der Waals surface area contributed by atoms with Crippen LogP contribution in [0.1, 0.15) is 22.7 Å². The first-order chi connectivity index (χ1) is 17.6. The molecule has 0 aromatic heterocycles. The number of sulfonamides is 1. The largest absolute Gasteiger partial charge is 0.497 e. The van der Waals surface area contributed by atoms with Crippen LogP contribution in [0.15, 0.2) is 78.9 Å². The van der Waals surface area contributed by atoms with Crippen molar-refractivity contribution in [3.63, 3.8) is 0 Å². The van der Waals surface area contributed by atoms with Gasteiger partial charge in [0.1, 0.15) is 11.8 Å². The molecule has 3 rings (SSSR count). The standard InChI is InChI=1S/C27H30ClN3O5S/c1-30(37(3,34)35)19-25(32)31(18-21-11-15-24(36-2)16-12-21)26(22-7-5-4-6-8-22)27(33)29-17-20-9-13-23(28)14-10-20/h4-16,26H,17-19H2,1-3H3,(H,29,33)/t26-/m1/s1. The highest BCUT2D eigenvalue weighted by molar-refractivity contribution is 7.88. The van der Waals surface area contributed by atoms with Crippen LogP contribution in [0.2, 0.25) is 5.02 Å². The number of carbonyl (C=O) groups is 2. The van der Waals surface area contributed by atoms with E-state index < -0.39 is 34.4 Å². The summed E-state index contributed by atoms with van der Waals surface area (Å²) in [7, 11) is -0.728. The molecule has 196 valence electrons. The van der Waals surface area contributed by atoms with Crippen LogP contribution in [0, 0.1) is 0 Å². The predicted octanol–water partition coefficient (Wildman–Crippen LogP) is 3.63. The van der Waals surface area contributed by atoms with Gasteiger partial charge in [0.05, 0.1) is 19.9 Å². The number of hydrogen-bond donors (Lipinski definition) is 1. The molecule has 2 amide bonds. The van der Waals surface area contributed by atoms with Gasteiger partial charge >= 0.3 is 0 Å². The van der Waals surface area contributed by atoms with E-state index in [1.54, 1.807) is 67.8 Å². The number of halogens is 1. The van der Waals surface area contributed by atoms with Gasteiger partial charge in [0.15, 0.2) is 0 Å². The molecule has 0 fully saturated rings. The molecule has 1 atom stereocenters. The second-order valence-electron chi connectivity index (χ2n) is 8.55. The Hall–Kier alpha value is -3.40. The molecule has 0 aliphatic rings. The summed E-state index contributed by atoms with van der Waals surface area (Å²) in [5.41, 5.74) is 2.19. The Morgan fingerprint density at radius 2 is 1.54 bits per heavy atom. The molecule has 8 nitrogen and oxygen atoms in total. The normalized spacial score (nSPS) is 12.1. The van der Waals surface area contributed by atoms with E-state index in [0.29, 0.717) is 16.3 Å². The molecular formula is C27H30ClN3O5S. The summed E-state index contributed by atoms with van der Waals surface area (Å²) >= 11 is 5.96. The van der Waals surface area contributed by atoms with Crippen LogP contribution in [0.25, 0.3) is 0 Å². The first-order valence-corrected chi connectivity index (χ1v) is 13.7. The average molecular weight is 544 g/mol. The van der Waals surface area contributed by atoms with Crippen molar-refractivity contribution in [2.45, 2.75) is 19.1 Å². The lowest BCUT2D eigenvalue weighted by Crippen LogP contribution is -2.47. The molecule has 0 saturated heterocycles. The molecule has 0 aliphatic heterocycles. The number of benzene rings is 3. The summed E-state index contributed by atoms with van der Waals surface area (Å²) in [6, 6.07) is 22.1. The van der Waals surface area contributed by atoms with Crippen molar-refractivity contribution in [3.8, 4) is 5.75 Å². The van der Waals surface area contributed by atoms with Crippen molar-refractivity contribution in [1.29, 1.82) is 0 Å². The number of nitrogens with one attached hydrogen (secondary N) is 1. The van der Waals surface area contributed by atoms with Gasteiger partial charge in [-0.05, 0) is 41.0 Å². The highest BCUT2D eigenvalue weighted by Crippen LogP contribution is 2.25. The molecule has 1 N–H and O–H groups in total. The molecule has 37 heavy (non-hydrogen) atoms. The number of hydrogen-bond acceptors (Lipinski definition) is 5. The Bertz CT molecular complexity index is 1300. The quantitative estimate of drug-likeness (QED) is 0.398. The Morgan fingerprint density at radius 1 is 0.946 bits per heavy atom.